The molecule has 0 saturated heterocycles. The maximum Gasteiger partial charge on any atom is -0.0495 e. The first-order valence-electron chi connectivity index (χ1n) is 54.2. The van der Waals surface area contributed by atoms with Gasteiger partial charge in [-0.15, -0.1) is 0 Å². The van der Waals surface area contributed by atoms with Crippen LogP contribution in [0.5, 0.6) is 0 Å². The summed E-state index contributed by atoms with van der Waals surface area (Å²) in [4.78, 5) is 55.2. The summed E-state index contributed by atoms with van der Waals surface area (Å²) in [6.45, 7) is 0. The van der Waals surface area contributed by atoms with E-state index < -0.39 is 68.9 Å². The van der Waals surface area contributed by atoms with Crippen LogP contribution in [0.2, 0.25) is 0 Å². The predicted molar refractivity (Wildman–Crippen MR) is 609 cm³/mol. The van der Waals surface area contributed by atoms with E-state index in [2.05, 4.69) is 258 Å². The van der Waals surface area contributed by atoms with Crippen molar-refractivity contribution in [2.75, 3.05) is 0 Å². The van der Waals surface area contributed by atoms with Crippen molar-refractivity contribution in [3.8, 4) is 142 Å². The average molecular weight is 2100 g/mol. The molecular formula is C131H74N12O2Se3. The molecule has 14 nitrogen and oxygen atoms in total. The SMILES string of the molecule is [2H]c1c([2H])c([2H])c(-c2nc(-c3ccc4ccc5ccc6nc(-c7ccccc7)oc6c5c4c3)nc(-c3c([2H])c([2H])c([2H])c4c3[se]c3c([2H])c([2H])c([2H])c([2H])c34)n2)c([2H])c1[2H].c1ccc(-c2nc(-c3cccc4c3[se]c3ccccc34)nc(-n3c4cccc5c4c4c6c(cccc6ccc43)-c3ccccc3-5)n2)cc1.c1ccc(-c2nc3ccc4ccc5ccc(-c6nc(-c7ccc8ccccc8c7)nc(-c7cccc8c7[se]c7ccccc78)n6)cc5c4c3o2)cc1. The molecule has 31 aromatic rings. The van der Waals surface area contributed by atoms with Crippen LogP contribution in [0.15, 0.2) is 457 Å². The first-order valence-corrected chi connectivity index (χ1v) is 53.3. The van der Waals surface area contributed by atoms with Gasteiger partial charge >= 0.3 is 808 Å². The number of aromatic nitrogens is 12. The van der Waals surface area contributed by atoms with E-state index in [0.717, 1.165) is 110 Å². The number of nitrogens with zero attached hydrogens (tertiary/aromatic N) is 12. The number of hydrogen-bond acceptors (Lipinski definition) is 13. The van der Waals surface area contributed by atoms with Gasteiger partial charge < -0.3 is 0 Å². The van der Waals surface area contributed by atoms with E-state index >= 15 is 0 Å². The molecule has 22 aromatic carbocycles. The van der Waals surface area contributed by atoms with Crippen LogP contribution in [0.3, 0.4) is 0 Å². The Balaban J connectivity index is 0.000000109. The summed E-state index contributed by atoms with van der Waals surface area (Å²) in [5.74, 6) is 4.50. The molecule has 0 radical (unpaired) electrons. The van der Waals surface area contributed by atoms with E-state index in [1.807, 2.05) is 121 Å². The summed E-state index contributed by atoms with van der Waals surface area (Å²) < 4.78 is 125. The minimum Gasteiger partial charge on any atom is -0.0615 e. The van der Waals surface area contributed by atoms with E-state index in [1.165, 1.54) is 87.8 Å². The minimum atomic E-state index is -0.914. The number of benzene rings is 22. The molecule has 0 aliphatic heterocycles. The monoisotopic (exact) mass is 2100 g/mol. The Labute approximate surface area is 879 Å². The van der Waals surface area contributed by atoms with Crippen molar-refractivity contribution >= 4 is 210 Å². The van der Waals surface area contributed by atoms with Crippen molar-refractivity contribution in [3.05, 3.63) is 449 Å². The molecule has 0 atom stereocenters. The van der Waals surface area contributed by atoms with E-state index in [4.69, 9.17) is 73.8 Å². The van der Waals surface area contributed by atoms with Gasteiger partial charge in [-0.3, -0.25) is 0 Å². The van der Waals surface area contributed by atoms with Gasteiger partial charge in [-0.1, -0.05) is 42.5 Å². The molecule has 0 saturated carbocycles. The van der Waals surface area contributed by atoms with Crippen LogP contribution < -0.4 is 0 Å². The van der Waals surface area contributed by atoms with Crippen LogP contribution in [-0.4, -0.2) is 103 Å². The molecule has 9 aromatic heterocycles. The van der Waals surface area contributed by atoms with Gasteiger partial charge in [-0.2, -0.15) is 0 Å². The summed E-state index contributed by atoms with van der Waals surface area (Å²) in [5.41, 5.74) is 16.7. The van der Waals surface area contributed by atoms with E-state index in [1.54, 1.807) is 6.07 Å². The van der Waals surface area contributed by atoms with Crippen molar-refractivity contribution in [2.45, 2.75) is 0 Å². The zero-order chi connectivity index (χ0) is 108. The average Bonchev–Trinajstić information content (AvgIpc) is 1.53. The molecule has 0 unspecified atom stereocenters. The molecule has 148 heavy (non-hydrogen) atoms. The van der Waals surface area contributed by atoms with E-state index in [9.17, 15) is 1.37 Å². The Bertz CT molecular complexity index is 11700. The largest absolute Gasteiger partial charge is 0.0615 e. The molecule has 1 aliphatic carbocycles. The Morgan fingerprint density at radius 3 is 1.22 bits per heavy atom. The molecule has 9 heterocycles. The third-order valence-electron chi connectivity index (χ3n) is 27.9. The molecule has 32 rings (SSSR count). The molecule has 0 fully saturated rings. The fraction of sp³-hybridized carbons (Fsp3) is 0. The second-order valence-corrected chi connectivity index (χ2v) is 42.9. The summed E-state index contributed by atoms with van der Waals surface area (Å²) in [6, 6.07) is 124. The van der Waals surface area contributed by atoms with Gasteiger partial charge in [0.2, 0.25) is 0 Å². The zero-order valence-electron chi connectivity index (χ0n) is 89.7. The van der Waals surface area contributed by atoms with Crippen molar-refractivity contribution < 1.29 is 25.3 Å². The fourth-order valence-electron chi connectivity index (χ4n) is 21.1. The number of rotatable bonds is 11. The summed E-state index contributed by atoms with van der Waals surface area (Å²) in [7, 11) is 0. The van der Waals surface area contributed by atoms with Gasteiger partial charge in [0, 0.05) is 11.1 Å². The summed E-state index contributed by atoms with van der Waals surface area (Å²) >= 11 is -0.618. The molecule has 0 N–H and O–H groups in total. The first-order chi connectivity index (χ1) is 78.3. The van der Waals surface area contributed by atoms with Crippen molar-refractivity contribution in [3.63, 3.8) is 0 Å². The summed E-state index contributed by atoms with van der Waals surface area (Å²) in [5, 5.41) is 20.1. The molecule has 0 bridgehead atoms. The number of hydrogen-bond donors (Lipinski definition) is 0. The van der Waals surface area contributed by atoms with Gasteiger partial charge in [0.25, 0.3) is 0 Å². The van der Waals surface area contributed by atoms with Crippen LogP contribution >= 0.6 is 0 Å². The standard InChI is InChI=1S/C46H26N4OSe.C43H24N4Se.C42H24N4OSe/c1-2-10-30(11-3-1)46-47-38-24-23-29-20-18-28-19-22-33(26-37(28)40(29)41(38)51-46)44-48-43(32-21-17-27-9-4-5-12-31(27)25-32)49-45(50-44)36-15-8-14-35-34-13-6-7-16-39(34)52-42(35)36;1-2-11-26(12-3-1)41-44-42(33-20-9-19-32-29-16-6-7-22-36(29)48-40(32)33)46-43(45-41)47-34-21-10-18-31-28-15-5-4-14-27(28)30-17-8-13-25-23-24-35(47)39(37(25)30)38(31)34;1-3-10-27(11-4-1)39-44-40(46-41(45-39)32-16-9-15-31-30-14-7-8-17-35(30)48-38(31)32)29-21-19-25-18-20-26-22-23-34-37(36(26)33(25)24-29)47-42(43-34)28-12-5-2-6-13-28/h1-26H;2*1-24H/i;;1D,3D,4D,7D,8D,9D,10D,11D,14D,15D,16D,17D. The molecule has 1 aliphatic rings. The van der Waals surface area contributed by atoms with Crippen LogP contribution in [0.25, 0.3) is 309 Å². The van der Waals surface area contributed by atoms with Crippen LogP contribution in [0, 0.1) is 0 Å². The Kier molecular flexibility index (Phi) is 17.3. The molecule has 0 spiro atoms. The zero-order valence-corrected chi connectivity index (χ0v) is 82.8. The van der Waals surface area contributed by atoms with Gasteiger partial charge in [0.05, 0.1) is 0 Å². The molecule has 688 valence electrons. The van der Waals surface area contributed by atoms with Gasteiger partial charge in [0.15, 0.2) is 0 Å². The van der Waals surface area contributed by atoms with Gasteiger partial charge in [-0.25, -0.2) is 0 Å². The van der Waals surface area contributed by atoms with E-state index in [-0.39, 0.29) is 95.0 Å². The second-order valence-electron chi connectivity index (χ2n) is 36.4. The smallest absolute Gasteiger partial charge is 0.0495 e. The van der Waals surface area contributed by atoms with E-state index in [0.29, 0.717) is 63.5 Å². The third kappa shape index (κ3) is 14.3. The fourth-order valence-corrected chi connectivity index (χ4v) is 28.4. The Hall–Kier alpha value is -18.3. The van der Waals surface area contributed by atoms with Crippen LogP contribution in [0.4, 0.5) is 0 Å². The molecule has 17 heteroatoms. The maximum absolute atomic E-state index is 9.17. The second kappa shape index (κ2) is 34.8. The minimum absolute atomic E-state index is 0.00248. The molecule has 0 amide bonds. The van der Waals surface area contributed by atoms with Crippen LogP contribution in [-0.2, 0) is 0 Å². The van der Waals surface area contributed by atoms with Crippen molar-refractivity contribution in [1.82, 2.24) is 59.4 Å². The predicted octanol–water partition coefficient (Wildman–Crippen LogP) is 32.3. The van der Waals surface area contributed by atoms with Crippen molar-refractivity contribution in [1.29, 1.82) is 0 Å². The van der Waals surface area contributed by atoms with Crippen molar-refractivity contribution in [2.24, 2.45) is 0 Å². The Morgan fingerprint density at radius 2 is 0.601 bits per heavy atom. The molecular weight excluding hydrogens is 2010 g/mol. The third-order valence-corrected chi connectivity index (χ3v) is 35.4. The van der Waals surface area contributed by atoms with Gasteiger partial charge in [0.1, 0.15) is 0 Å². The van der Waals surface area contributed by atoms with Crippen LogP contribution in [0.1, 0.15) is 16.4 Å². The summed E-state index contributed by atoms with van der Waals surface area (Å²) in [6.07, 6.45) is 0. The Morgan fingerprint density at radius 1 is 0.203 bits per heavy atom. The van der Waals surface area contributed by atoms with Gasteiger partial charge in [-0.05, 0) is 24.3 Å². The number of fused-ring (bicyclic) bond motifs is 23. The normalized spacial score (nSPS) is 13.1. The first kappa shape index (κ1) is 73.8. The quantitative estimate of drug-likeness (QED) is 0.0885. The maximum atomic E-state index is 9.17. The topological polar surface area (TPSA) is 173 Å². The number of oxazole rings is 2.